The second-order valence-corrected chi connectivity index (χ2v) is 28.1. The summed E-state index contributed by atoms with van der Waals surface area (Å²) < 4.78 is 78.5. The molecule has 118 heavy (non-hydrogen) atoms. The number of rotatable bonds is 47. The molecular weight excluding hydrogens is 1580 g/mol. The number of primary amides is 1. The van der Waals surface area contributed by atoms with E-state index in [9.17, 15) is 53.1 Å². The lowest BCUT2D eigenvalue weighted by Gasteiger charge is -2.31. The monoisotopic (exact) mass is 1700 g/mol. The van der Waals surface area contributed by atoms with Crippen molar-refractivity contribution in [3.63, 3.8) is 0 Å². The number of carbonyl (C=O) groups excluding carboxylic acids is 9. The minimum Gasteiger partial charge on any atom is -0.458 e. The molecule has 0 radical (unpaired) electrons. The van der Waals surface area contributed by atoms with Gasteiger partial charge < -0.3 is 116 Å². The first kappa shape index (κ1) is 97.8. The van der Waals surface area contributed by atoms with Gasteiger partial charge in [0.25, 0.3) is 5.56 Å². The number of urea groups is 1. The van der Waals surface area contributed by atoms with Crippen LogP contribution in [0.3, 0.4) is 0 Å². The molecule has 37 nitrogen and oxygen atoms in total. The normalized spacial score (nSPS) is 16.0. The third-order valence-electron chi connectivity index (χ3n) is 19.5. The molecule has 3 aromatic heterocycles. The first-order valence-corrected chi connectivity index (χ1v) is 39.4. The van der Waals surface area contributed by atoms with Gasteiger partial charge >= 0.3 is 18.1 Å². The summed E-state index contributed by atoms with van der Waals surface area (Å²) in [6.45, 7) is 17.2. The van der Waals surface area contributed by atoms with Gasteiger partial charge in [0.15, 0.2) is 5.60 Å². The first-order chi connectivity index (χ1) is 56.0. The Hall–Kier alpha value is -9.04. The molecule has 1 unspecified atom stereocenters. The average Bonchev–Trinajstić information content (AvgIpc) is 1.52. The molecule has 40 heteroatoms. The Kier molecular flexibility index (Phi) is 42.1. The highest BCUT2D eigenvalue weighted by atomic mass is 32.1. The zero-order valence-corrected chi connectivity index (χ0v) is 69.9. The number of hydrogen-bond acceptors (Lipinski definition) is 26. The molecule has 0 spiro atoms. The van der Waals surface area contributed by atoms with Gasteiger partial charge in [0, 0.05) is 61.4 Å². The molecule has 5 heterocycles. The second kappa shape index (κ2) is 50.8. The first-order valence-electron chi connectivity index (χ1n) is 39.4. The number of cyclic esters (lactones) is 1. The van der Waals surface area contributed by atoms with Gasteiger partial charge in [-0.15, -0.1) is 5.10 Å². The number of aryl methyl sites for hydroxylation is 1. The predicted molar refractivity (Wildman–Crippen MR) is 437 cm³/mol. The molecule has 0 fully saturated rings. The Bertz CT molecular complexity index is 4200. The molecule has 5 aromatic rings. The van der Waals surface area contributed by atoms with Crippen LogP contribution in [0.15, 0.2) is 41.2 Å². The summed E-state index contributed by atoms with van der Waals surface area (Å²) >= 11 is 0. The Morgan fingerprint density at radius 3 is 2.08 bits per heavy atom. The number of aromatic nitrogens is 5. The maximum Gasteiger partial charge on any atom is 0.407 e. The third kappa shape index (κ3) is 29.2. The van der Waals surface area contributed by atoms with Crippen molar-refractivity contribution in [1.29, 1.82) is 0 Å². The number of esters is 1. The molecule has 0 saturated heterocycles. The molecule has 654 valence electrons. The number of nitrogens with zero attached hydrogens (tertiary/aromatic N) is 5. The van der Waals surface area contributed by atoms with E-state index in [1.54, 1.807) is 58.0 Å². The lowest BCUT2D eigenvalue weighted by molar-refractivity contribution is -0.172. The highest BCUT2D eigenvalue weighted by Crippen LogP contribution is 2.46. The molecule has 0 bridgehead atoms. The van der Waals surface area contributed by atoms with Gasteiger partial charge in [0.05, 0.1) is 133 Å². The van der Waals surface area contributed by atoms with Crippen LogP contribution in [0.5, 0.6) is 0 Å². The van der Waals surface area contributed by atoms with Gasteiger partial charge in [-0.3, -0.25) is 33.6 Å². The number of pyridine rings is 2. The summed E-state index contributed by atoms with van der Waals surface area (Å²) in [6.07, 6.45) is 4.88. The van der Waals surface area contributed by atoms with Crippen molar-refractivity contribution in [2.24, 2.45) is 17.4 Å². The smallest absolute Gasteiger partial charge is 0.407 e. The number of alkyl carbamates (subject to hydrolysis) is 1. The fourth-order valence-corrected chi connectivity index (χ4v) is 13.5. The number of hydrogen-bond donors (Lipinski definition) is 11. The zero-order valence-electron chi connectivity index (χ0n) is 67.9. The van der Waals surface area contributed by atoms with Crippen molar-refractivity contribution in [1.82, 2.24) is 61.8 Å². The van der Waals surface area contributed by atoms with Gasteiger partial charge in [-0.2, -0.15) is 27.0 Å². The largest absolute Gasteiger partial charge is 0.458 e. The summed E-state index contributed by atoms with van der Waals surface area (Å²) in [6, 6.07) is 5.87. The fraction of sp³-hybridized carbons (Fsp3) is 0.603. The number of benzene rings is 2. The van der Waals surface area contributed by atoms with E-state index in [1.807, 2.05) is 11.6 Å². The maximum atomic E-state index is 15.3. The van der Waals surface area contributed by atoms with E-state index in [0.717, 1.165) is 49.1 Å². The lowest BCUT2D eigenvalue weighted by Crippen LogP contribution is -2.54. The van der Waals surface area contributed by atoms with E-state index in [0.29, 0.717) is 182 Å². The van der Waals surface area contributed by atoms with Crippen LogP contribution in [0.25, 0.3) is 22.3 Å². The number of ether oxygens (including phenoxy) is 11. The summed E-state index contributed by atoms with van der Waals surface area (Å²) in [5.74, 6) is -4.51. The SMILES string of the molecule is CCOCCOCCOCCOCCNC(=O)COC1CCCCCc2c1nnn2CCOCCOCCOCCN.CC[C@@]1(O)C(=O)OCc2c1cc1n(c2=O)Cc2c-1nc1cc(F)c(C)c3c1c2[C@@H](NC(=O)COCNC(=O)CNC(=O)OCc1ccc(NC(=O)[C@H](CCCNC(N)=O)NC(=O)[C@@H](NC(C)=O)C(C)C)cc1)CC3.S.S. The summed E-state index contributed by atoms with van der Waals surface area (Å²) in [7, 11) is 0. The van der Waals surface area contributed by atoms with Gasteiger partial charge in [0.2, 0.25) is 35.4 Å². The maximum absolute atomic E-state index is 15.3. The summed E-state index contributed by atoms with van der Waals surface area (Å²) in [5, 5.41) is 41.8. The number of aliphatic hydroxyl groups is 1. The molecule has 9 rings (SSSR count). The highest BCUT2D eigenvalue weighted by molar-refractivity contribution is 7.59. The molecule has 13 N–H and O–H groups in total. The highest BCUT2D eigenvalue weighted by Gasteiger charge is 2.46. The number of amides is 9. The molecule has 2 aromatic carbocycles. The van der Waals surface area contributed by atoms with Crippen molar-refractivity contribution in [3.05, 3.63) is 103 Å². The van der Waals surface area contributed by atoms with Crippen LogP contribution in [0.4, 0.5) is 19.7 Å². The van der Waals surface area contributed by atoms with Crippen molar-refractivity contribution in [2.45, 2.75) is 162 Å². The van der Waals surface area contributed by atoms with Crippen LogP contribution < -0.4 is 59.6 Å². The summed E-state index contributed by atoms with van der Waals surface area (Å²) in [5.41, 5.74) is 14.5. The minimum absolute atomic E-state index is 0. The Balaban J connectivity index is 0.000000419. The lowest BCUT2D eigenvalue weighted by atomic mass is 9.81. The molecule has 2 aliphatic heterocycles. The third-order valence-corrected chi connectivity index (χ3v) is 19.5. The van der Waals surface area contributed by atoms with Crippen LogP contribution >= 0.6 is 27.0 Å². The quantitative estimate of drug-likeness (QED) is 0.0149. The number of nitrogens with one attached hydrogen (secondary N) is 8. The van der Waals surface area contributed by atoms with Crippen molar-refractivity contribution >= 4 is 97.1 Å². The number of nitrogens with two attached hydrogens (primary N) is 2. The van der Waals surface area contributed by atoms with Crippen LogP contribution in [0.2, 0.25) is 0 Å². The molecule has 5 atom stereocenters. The van der Waals surface area contributed by atoms with Crippen LogP contribution in [-0.2, 0) is 130 Å². The van der Waals surface area contributed by atoms with E-state index in [1.165, 1.54) is 17.6 Å². The number of fused-ring (bicyclic) bond motifs is 6. The fourth-order valence-electron chi connectivity index (χ4n) is 13.5. The molecule has 0 saturated carbocycles. The van der Waals surface area contributed by atoms with Crippen LogP contribution in [0.1, 0.15) is 148 Å². The Morgan fingerprint density at radius 1 is 0.737 bits per heavy atom. The van der Waals surface area contributed by atoms with E-state index < -0.39 is 95.9 Å². The molecular formula is C78H116FN15O22S2. The van der Waals surface area contributed by atoms with Gasteiger partial charge in [-0.05, 0) is 112 Å². The van der Waals surface area contributed by atoms with E-state index in [4.69, 9.17) is 68.6 Å². The van der Waals surface area contributed by atoms with Gasteiger partial charge in [-0.1, -0.05) is 51.0 Å². The van der Waals surface area contributed by atoms with Crippen molar-refractivity contribution in [2.75, 3.05) is 144 Å². The molecule has 2 aliphatic carbocycles. The Labute approximate surface area is 697 Å². The van der Waals surface area contributed by atoms with Gasteiger partial charge in [-0.25, -0.2) is 28.4 Å². The minimum atomic E-state index is -2.04. The second-order valence-electron chi connectivity index (χ2n) is 28.1. The standard InChI is InChI=1S/C50H59FN10O13.C28H53N5O9.2H2S/c1-6-50(71)32-16-37-43-30(19-61(37)46(67)31(32)21-73-47(50)68)41-34(14-13-29-25(4)33(51)17-36(59-43)40(29)41)58-39(64)22-72-23-55-38(63)18-54-49(70)74-20-27-9-11-28(12-10-27)57-44(65)35(8-7-15-53-48(52)69)60-45(66)42(24(2)3)56-26(5)62;1-2-35-14-15-39-22-23-41-20-17-37-12-9-30-27(34)24-42-26-7-5-3-4-6-25-28(26)31-32-33(25)10-13-38-18-21-40-19-16-36-11-8-29;;/h9-12,16-17,24,34-35,42,71H,6-8,13-15,18-23H2,1-5H3,(H,54,70)(H,55,63)(H,56,62)(H,57,65)(H,58,64)(H,60,66)(H3,52,53,69);26H,2-24,29H2,1H3,(H,30,34);2*1H2/t34-,35-,42-,50-;;;/m0.../s1. The van der Waals surface area contributed by atoms with Crippen molar-refractivity contribution in [3.8, 4) is 11.4 Å². The number of halogens is 1. The van der Waals surface area contributed by atoms with Crippen molar-refractivity contribution < 1.29 is 105 Å². The topological polar surface area (TPSA) is 489 Å². The Morgan fingerprint density at radius 2 is 1.42 bits per heavy atom. The number of anilines is 1. The number of carbonyl (C=O) groups is 9. The van der Waals surface area contributed by atoms with E-state index in [2.05, 4.69) is 52.8 Å². The molecule has 9 amide bonds. The van der Waals surface area contributed by atoms with Crippen LogP contribution in [-0.4, -0.2) is 234 Å². The molecule has 4 aliphatic rings. The van der Waals surface area contributed by atoms with Gasteiger partial charge in [0.1, 0.15) is 69.4 Å². The summed E-state index contributed by atoms with van der Waals surface area (Å²) in [4.78, 5) is 131. The van der Waals surface area contributed by atoms with E-state index >= 15 is 4.39 Å². The predicted octanol–water partition coefficient (Wildman–Crippen LogP) is 2.57. The van der Waals surface area contributed by atoms with Crippen LogP contribution in [0, 0.1) is 18.7 Å². The van der Waals surface area contributed by atoms with E-state index in [-0.39, 0.29) is 109 Å². The zero-order chi connectivity index (χ0) is 83.5. The average molecular weight is 1700 g/mol.